The van der Waals surface area contributed by atoms with Crippen molar-refractivity contribution in [1.82, 2.24) is 4.90 Å². The molecule has 0 aromatic heterocycles. The van der Waals surface area contributed by atoms with Gasteiger partial charge in [0.2, 0.25) is 0 Å². The van der Waals surface area contributed by atoms with E-state index in [1.807, 2.05) is 0 Å². The maximum Gasteiger partial charge on any atom is 0.326 e. The zero-order valence-corrected chi connectivity index (χ0v) is 16.4. The molecule has 2 amide bonds. The monoisotopic (exact) mass is 415 g/mol. The van der Waals surface area contributed by atoms with Crippen LogP contribution in [0.2, 0.25) is 0 Å². The first kappa shape index (κ1) is 20.6. The standard InChI is InChI=1S/C21H18FNO5S/c1-2-27-19(24)12-23-20(25)18(29-21(23)26)11-15-5-3-4-6-17(15)28-13-14-7-9-16(22)10-8-14/h3-11H,2,12-13H2,1H3/b18-11+. The van der Waals surface area contributed by atoms with Crippen molar-refractivity contribution >= 4 is 35.0 Å². The Bertz CT molecular complexity index is 958. The predicted molar refractivity (Wildman–Crippen MR) is 106 cm³/mol. The molecule has 0 saturated carbocycles. The van der Waals surface area contributed by atoms with Crippen molar-refractivity contribution in [2.75, 3.05) is 13.2 Å². The van der Waals surface area contributed by atoms with Gasteiger partial charge in [0.1, 0.15) is 24.7 Å². The van der Waals surface area contributed by atoms with Gasteiger partial charge in [-0.1, -0.05) is 30.3 Å². The van der Waals surface area contributed by atoms with Crippen molar-refractivity contribution < 1.29 is 28.2 Å². The van der Waals surface area contributed by atoms with Crippen LogP contribution >= 0.6 is 11.8 Å². The van der Waals surface area contributed by atoms with E-state index in [0.29, 0.717) is 11.3 Å². The van der Waals surface area contributed by atoms with Crippen LogP contribution in [0.15, 0.2) is 53.4 Å². The smallest absolute Gasteiger partial charge is 0.326 e. The van der Waals surface area contributed by atoms with Crippen LogP contribution in [0.25, 0.3) is 6.08 Å². The SMILES string of the molecule is CCOC(=O)CN1C(=O)S/C(=C/c2ccccc2OCc2ccc(F)cc2)C1=O. The van der Waals surface area contributed by atoms with E-state index in [-0.39, 0.29) is 23.9 Å². The first-order valence-electron chi connectivity index (χ1n) is 8.85. The van der Waals surface area contributed by atoms with Crippen molar-refractivity contribution in [1.29, 1.82) is 0 Å². The number of carbonyl (C=O) groups is 3. The van der Waals surface area contributed by atoms with Crippen molar-refractivity contribution in [3.05, 3.63) is 70.4 Å². The molecule has 0 bridgehead atoms. The molecular formula is C21H18FNO5S. The highest BCUT2D eigenvalue weighted by Gasteiger charge is 2.36. The Morgan fingerprint density at radius 2 is 1.86 bits per heavy atom. The molecule has 1 aliphatic heterocycles. The number of thioether (sulfide) groups is 1. The highest BCUT2D eigenvalue weighted by Crippen LogP contribution is 2.34. The second-order valence-corrected chi connectivity index (χ2v) is 7.02. The summed E-state index contributed by atoms with van der Waals surface area (Å²) < 4.78 is 23.6. The molecule has 6 nitrogen and oxygen atoms in total. The quantitative estimate of drug-likeness (QED) is 0.503. The van der Waals surface area contributed by atoms with Crippen LogP contribution in [0.5, 0.6) is 5.75 Å². The fourth-order valence-corrected chi connectivity index (χ4v) is 3.42. The number of hydrogen-bond donors (Lipinski definition) is 0. The highest BCUT2D eigenvalue weighted by atomic mass is 32.2. The van der Waals surface area contributed by atoms with Gasteiger partial charge in [-0.15, -0.1) is 0 Å². The van der Waals surface area contributed by atoms with Crippen molar-refractivity contribution in [3.8, 4) is 5.75 Å². The van der Waals surface area contributed by atoms with Gasteiger partial charge in [0.25, 0.3) is 11.1 Å². The number of imide groups is 1. The molecule has 2 aromatic carbocycles. The number of nitrogens with zero attached hydrogens (tertiary/aromatic N) is 1. The molecule has 1 aliphatic rings. The van der Waals surface area contributed by atoms with Gasteiger partial charge >= 0.3 is 5.97 Å². The molecule has 1 saturated heterocycles. The lowest BCUT2D eigenvalue weighted by Gasteiger charge is -2.11. The molecule has 0 spiro atoms. The molecule has 3 rings (SSSR count). The molecule has 2 aromatic rings. The number of halogens is 1. The number of benzene rings is 2. The number of esters is 1. The van der Waals surface area contributed by atoms with Crippen LogP contribution < -0.4 is 4.74 Å². The topological polar surface area (TPSA) is 72.9 Å². The summed E-state index contributed by atoms with van der Waals surface area (Å²) in [6, 6.07) is 13.0. The normalized spacial score (nSPS) is 15.1. The van der Waals surface area contributed by atoms with E-state index in [2.05, 4.69) is 0 Å². The Morgan fingerprint density at radius 3 is 2.59 bits per heavy atom. The van der Waals surface area contributed by atoms with Crippen LogP contribution in [-0.2, 0) is 20.9 Å². The summed E-state index contributed by atoms with van der Waals surface area (Å²) in [5.41, 5.74) is 1.40. The number of hydrogen-bond acceptors (Lipinski definition) is 6. The molecule has 0 N–H and O–H groups in total. The van der Waals surface area contributed by atoms with Crippen LogP contribution in [0.3, 0.4) is 0 Å². The van der Waals surface area contributed by atoms with E-state index in [0.717, 1.165) is 22.2 Å². The second-order valence-electron chi connectivity index (χ2n) is 6.03. The fraction of sp³-hybridized carbons (Fsp3) is 0.190. The van der Waals surface area contributed by atoms with Gasteiger partial charge in [0, 0.05) is 5.56 Å². The molecule has 0 atom stereocenters. The Labute approximate surface area is 171 Å². The summed E-state index contributed by atoms with van der Waals surface area (Å²) in [5.74, 6) is -1.01. The van der Waals surface area contributed by atoms with Gasteiger partial charge in [0.05, 0.1) is 11.5 Å². The predicted octanol–water partition coefficient (Wildman–Crippen LogP) is 4.00. The number of rotatable bonds is 7. The number of ether oxygens (including phenoxy) is 2. The lowest BCUT2D eigenvalue weighted by Crippen LogP contribution is -2.34. The van der Waals surface area contributed by atoms with Crippen molar-refractivity contribution in [2.24, 2.45) is 0 Å². The molecule has 0 radical (unpaired) electrons. The summed E-state index contributed by atoms with van der Waals surface area (Å²) in [6.07, 6.45) is 1.55. The van der Waals surface area contributed by atoms with Crippen molar-refractivity contribution in [2.45, 2.75) is 13.5 Å². The van der Waals surface area contributed by atoms with Gasteiger partial charge in [-0.25, -0.2) is 4.39 Å². The average molecular weight is 415 g/mol. The molecule has 0 aliphatic carbocycles. The van der Waals surface area contributed by atoms with E-state index >= 15 is 0 Å². The highest BCUT2D eigenvalue weighted by molar-refractivity contribution is 8.18. The molecule has 0 unspecified atom stereocenters. The Kier molecular flexibility index (Phi) is 6.66. The summed E-state index contributed by atoms with van der Waals surface area (Å²) in [6.45, 7) is 1.62. The maximum absolute atomic E-state index is 13.0. The zero-order chi connectivity index (χ0) is 20.8. The first-order chi connectivity index (χ1) is 14.0. The molecule has 150 valence electrons. The van der Waals surface area contributed by atoms with Gasteiger partial charge < -0.3 is 9.47 Å². The fourth-order valence-electron chi connectivity index (χ4n) is 2.59. The lowest BCUT2D eigenvalue weighted by atomic mass is 10.1. The van der Waals surface area contributed by atoms with Crippen LogP contribution in [0, 0.1) is 5.82 Å². The van der Waals surface area contributed by atoms with E-state index in [1.165, 1.54) is 12.1 Å². The van der Waals surface area contributed by atoms with E-state index in [9.17, 15) is 18.8 Å². The molecule has 8 heteroatoms. The van der Waals surface area contributed by atoms with Crippen LogP contribution in [0.1, 0.15) is 18.1 Å². The summed E-state index contributed by atoms with van der Waals surface area (Å²) in [5, 5.41) is -0.529. The van der Waals surface area contributed by atoms with E-state index in [4.69, 9.17) is 9.47 Å². The number of para-hydroxylation sites is 1. The molecule has 1 fully saturated rings. The summed E-state index contributed by atoms with van der Waals surface area (Å²) in [4.78, 5) is 37.3. The minimum absolute atomic E-state index is 0.170. The summed E-state index contributed by atoms with van der Waals surface area (Å²) >= 11 is 0.755. The van der Waals surface area contributed by atoms with Crippen LogP contribution in [-0.4, -0.2) is 35.2 Å². The maximum atomic E-state index is 13.0. The van der Waals surface area contributed by atoms with Crippen molar-refractivity contribution in [3.63, 3.8) is 0 Å². The third-order valence-corrected chi connectivity index (χ3v) is 4.89. The third kappa shape index (κ3) is 5.23. The van der Waals surface area contributed by atoms with Gasteiger partial charge in [0.15, 0.2) is 0 Å². The minimum Gasteiger partial charge on any atom is -0.488 e. The average Bonchev–Trinajstić information content (AvgIpc) is 2.96. The van der Waals surface area contributed by atoms with Gasteiger partial charge in [-0.3, -0.25) is 19.3 Å². The number of carbonyl (C=O) groups excluding carboxylic acids is 3. The van der Waals surface area contributed by atoms with E-state index < -0.39 is 23.7 Å². The first-order valence-corrected chi connectivity index (χ1v) is 9.67. The summed E-state index contributed by atoms with van der Waals surface area (Å²) in [7, 11) is 0. The molecule has 29 heavy (non-hydrogen) atoms. The molecule has 1 heterocycles. The second kappa shape index (κ2) is 9.38. The lowest BCUT2D eigenvalue weighted by molar-refractivity contribution is -0.145. The zero-order valence-electron chi connectivity index (χ0n) is 15.6. The largest absolute Gasteiger partial charge is 0.488 e. The van der Waals surface area contributed by atoms with Crippen LogP contribution in [0.4, 0.5) is 9.18 Å². The van der Waals surface area contributed by atoms with Gasteiger partial charge in [-0.2, -0.15) is 0 Å². The molecular weight excluding hydrogens is 397 g/mol. The Hall–Kier alpha value is -3.13. The third-order valence-electron chi connectivity index (χ3n) is 3.98. The Morgan fingerprint density at radius 1 is 1.14 bits per heavy atom. The number of amides is 2. The Balaban J connectivity index is 1.74. The minimum atomic E-state index is -0.640. The van der Waals surface area contributed by atoms with E-state index in [1.54, 1.807) is 49.4 Å². The van der Waals surface area contributed by atoms with Gasteiger partial charge in [-0.05, 0) is 48.5 Å².